The highest BCUT2D eigenvalue weighted by Crippen LogP contribution is 2.33. The van der Waals surface area contributed by atoms with E-state index in [1.807, 2.05) is 0 Å². The Morgan fingerprint density at radius 3 is 2.04 bits per heavy atom. The van der Waals surface area contributed by atoms with E-state index in [9.17, 15) is 22.7 Å². The molecule has 0 heterocycles. The maximum Gasteiger partial charge on any atom is 0.197 e. The lowest BCUT2D eigenvalue weighted by Gasteiger charge is -2.27. The van der Waals surface area contributed by atoms with Crippen LogP contribution < -0.4 is 0 Å². The Balaban J connectivity index is 2.71. The van der Waals surface area contributed by atoms with Crippen LogP contribution in [0.4, 0.5) is 17.6 Å². The summed E-state index contributed by atoms with van der Waals surface area (Å²) in [5, 5.41) is 10.3. The smallest absolute Gasteiger partial charge is 0.197 e. The molecule has 132 valence electrons. The molecule has 0 aromatic heterocycles. The van der Waals surface area contributed by atoms with E-state index in [4.69, 9.17) is 4.74 Å². The summed E-state index contributed by atoms with van der Waals surface area (Å²) in [5.41, 5.74) is -0.720. The summed E-state index contributed by atoms with van der Waals surface area (Å²) < 4.78 is 58.3. The van der Waals surface area contributed by atoms with Gasteiger partial charge in [-0.1, -0.05) is 45.4 Å². The second kappa shape index (κ2) is 9.23. The van der Waals surface area contributed by atoms with Gasteiger partial charge in [0.2, 0.25) is 0 Å². The first kappa shape index (κ1) is 19.9. The van der Waals surface area contributed by atoms with Crippen LogP contribution in [-0.4, -0.2) is 12.2 Å². The summed E-state index contributed by atoms with van der Waals surface area (Å²) in [7, 11) is 1.11. The van der Waals surface area contributed by atoms with Gasteiger partial charge < -0.3 is 9.84 Å². The van der Waals surface area contributed by atoms with E-state index in [0.29, 0.717) is 12.5 Å². The minimum atomic E-state index is -2.18. The minimum Gasteiger partial charge on any atom is -0.362 e. The molecule has 0 bridgehead atoms. The zero-order valence-electron chi connectivity index (χ0n) is 13.6. The fourth-order valence-electron chi connectivity index (χ4n) is 2.53. The normalized spacial score (nSPS) is 14.0. The number of methoxy groups -OCH3 is 1. The molecule has 23 heavy (non-hydrogen) atoms. The van der Waals surface area contributed by atoms with Crippen molar-refractivity contribution in [1.82, 2.24) is 0 Å². The summed E-state index contributed by atoms with van der Waals surface area (Å²) >= 11 is 0. The standard InChI is InChI=1S/C17H24F4O2/c1-3-4-5-6-7-8-9-10-17(22,23-2)12-11-13(18)15(20)16(21)14(12)19/h11,22H,3-10H2,1-2H3. The Morgan fingerprint density at radius 2 is 1.48 bits per heavy atom. The summed E-state index contributed by atoms with van der Waals surface area (Å²) in [6.45, 7) is 2.12. The average molecular weight is 336 g/mol. The molecule has 0 saturated heterocycles. The van der Waals surface area contributed by atoms with Crippen molar-refractivity contribution in [2.45, 2.75) is 64.1 Å². The second-order valence-corrected chi connectivity index (χ2v) is 5.71. The fraction of sp³-hybridized carbons (Fsp3) is 0.647. The zero-order chi connectivity index (χ0) is 17.5. The first-order valence-electron chi connectivity index (χ1n) is 7.98. The van der Waals surface area contributed by atoms with Gasteiger partial charge in [0.15, 0.2) is 29.1 Å². The van der Waals surface area contributed by atoms with Gasteiger partial charge in [0, 0.05) is 13.5 Å². The van der Waals surface area contributed by atoms with Crippen molar-refractivity contribution < 1.29 is 27.4 Å². The van der Waals surface area contributed by atoms with E-state index < -0.39 is 34.6 Å². The highest BCUT2D eigenvalue weighted by molar-refractivity contribution is 5.25. The Morgan fingerprint density at radius 1 is 0.913 bits per heavy atom. The third kappa shape index (κ3) is 5.18. The third-order valence-corrected chi connectivity index (χ3v) is 3.98. The van der Waals surface area contributed by atoms with Crippen molar-refractivity contribution in [2.24, 2.45) is 0 Å². The van der Waals surface area contributed by atoms with Crippen LogP contribution in [0.5, 0.6) is 0 Å². The van der Waals surface area contributed by atoms with Gasteiger partial charge in [-0.2, -0.15) is 0 Å². The molecule has 0 spiro atoms. The molecule has 2 nitrogen and oxygen atoms in total. The molecule has 0 aliphatic carbocycles. The lowest BCUT2D eigenvalue weighted by molar-refractivity contribution is -0.201. The van der Waals surface area contributed by atoms with E-state index in [-0.39, 0.29) is 6.42 Å². The van der Waals surface area contributed by atoms with Crippen LogP contribution in [0, 0.1) is 23.3 Å². The molecule has 0 saturated carbocycles. The van der Waals surface area contributed by atoms with Crippen LogP contribution in [-0.2, 0) is 10.5 Å². The number of ether oxygens (including phenoxy) is 1. The van der Waals surface area contributed by atoms with Crippen LogP contribution in [0.1, 0.15) is 63.9 Å². The van der Waals surface area contributed by atoms with Gasteiger partial charge in [0.05, 0.1) is 5.56 Å². The van der Waals surface area contributed by atoms with E-state index >= 15 is 0 Å². The lowest BCUT2D eigenvalue weighted by Crippen LogP contribution is -2.30. The number of benzene rings is 1. The quantitative estimate of drug-likeness (QED) is 0.210. The van der Waals surface area contributed by atoms with Crippen molar-refractivity contribution in [2.75, 3.05) is 7.11 Å². The molecule has 0 amide bonds. The van der Waals surface area contributed by atoms with Gasteiger partial charge in [0.25, 0.3) is 0 Å². The number of aliphatic hydroxyl groups is 1. The summed E-state index contributed by atoms with van der Waals surface area (Å²) in [4.78, 5) is 0. The fourth-order valence-corrected chi connectivity index (χ4v) is 2.53. The van der Waals surface area contributed by atoms with Crippen molar-refractivity contribution in [1.29, 1.82) is 0 Å². The van der Waals surface area contributed by atoms with Crippen LogP contribution in [0.3, 0.4) is 0 Å². The molecule has 1 aromatic rings. The predicted octanol–water partition coefficient (Wildman–Crippen LogP) is 5.18. The molecule has 0 radical (unpaired) electrons. The minimum absolute atomic E-state index is 0.0291. The Bertz CT molecular complexity index is 508. The summed E-state index contributed by atoms with van der Waals surface area (Å²) in [5.74, 6) is -9.22. The highest BCUT2D eigenvalue weighted by atomic mass is 19.2. The van der Waals surface area contributed by atoms with Crippen molar-refractivity contribution in [3.63, 3.8) is 0 Å². The molecular weight excluding hydrogens is 312 g/mol. The average Bonchev–Trinajstić information content (AvgIpc) is 2.55. The van der Waals surface area contributed by atoms with E-state index in [1.54, 1.807) is 0 Å². The monoisotopic (exact) mass is 336 g/mol. The first-order chi connectivity index (χ1) is 10.9. The lowest BCUT2D eigenvalue weighted by atomic mass is 9.97. The van der Waals surface area contributed by atoms with E-state index in [1.165, 1.54) is 6.42 Å². The van der Waals surface area contributed by atoms with Crippen LogP contribution >= 0.6 is 0 Å². The molecule has 6 heteroatoms. The SMILES string of the molecule is CCCCCCCCCC(O)(OC)c1cc(F)c(F)c(F)c1F. The summed E-state index contributed by atoms with van der Waals surface area (Å²) in [6.07, 6.45) is 6.71. The van der Waals surface area contributed by atoms with Gasteiger partial charge in [0.1, 0.15) is 0 Å². The Kier molecular flexibility index (Phi) is 7.99. The molecule has 0 aliphatic heterocycles. The topological polar surface area (TPSA) is 29.5 Å². The van der Waals surface area contributed by atoms with Crippen LogP contribution in [0.15, 0.2) is 6.07 Å². The maximum absolute atomic E-state index is 13.8. The van der Waals surface area contributed by atoms with Crippen LogP contribution in [0.25, 0.3) is 0 Å². The first-order valence-corrected chi connectivity index (χ1v) is 7.98. The zero-order valence-corrected chi connectivity index (χ0v) is 13.6. The molecule has 1 atom stereocenters. The van der Waals surface area contributed by atoms with Crippen LogP contribution in [0.2, 0.25) is 0 Å². The number of rotatable bonds is 10. The van der Waals surface area contributed by atoms with Gasteiger partial charge in [-0.25, -0.2) is 17.6 Å². The van der Waals surface area contributed by atoms with Gasteiger partial charge in [-0.05, 0) is 12.5 Å². The molecule has 1 unspecified atom stereocenters. The van der Waals surface area contributed by atoms with E-state index in [0.717, 1.165) is 39.2 Å². The number of halogens is 4. The number of hydrogen-bond acceptors (Lipinski definition) is 2. The predicted molar refractivity (Wildman–Crippen MR) is 79.8 cm³/mol. The maximum atomic E-state index is 13.8. The molecule has 1 aromatic carbocycles. The molecule has 0 fully saturated rings. The van der Waals surface area contributed by atoms with Crippen molar-refractivity contribution >= 4 is 0 Å². The number of unbranched alkanes of at least 4 members (excludes halogenated alkanes) is 6. The third-order valence-electron chi connectivity index (χ3n) is 3.98. The molecular formula is C17H24F4O2. The Labute approximate surface area is 134 Å². The van der Waals surface area contributed by atoms with Crippen molar-refractivity contribution in [3.05, 3.63) is 34.9 Å². The second-order valence-electron chi connectivity index (χ2n) is 5.71. The van der Waals surface area contributed by atoms with Crippen molar-refractivity contribution in [3.8, 4) is 0 Å². The van der Waals surface area contributed by atoms with Gasteiger partial charge in [-0.3, -0.25) is 0 Å². The molecule has 0 aliphatic rings. The highest BCUT2D eigenvalue weighted by Gasteiger charge is 2.35. The van der Waals surface area contributed by atoms with E-state index in [2.05, 4.69) is 6.92 Å². The summed E-state index contributed by atoms with van der Waals surface area (Å²) in [6, 6.07) is 0.443. The molecule has 1 rings (SSSR count). The Hall–Kier alpha value is -1.14. The largest absolute Gasteiger partial charge is 0.362 e. The molecule has 1 N–H and O–H groups in total. The number of hydrogen-bond donors (Lipinski definition) is 1. The van der Waals surface area contributed by atoms with Gasteiger partial charge in [-0.15, -0.1) is 0 Å². The van der Waals surface area contributed by atoms with Gasteiger partial charge >= 0.3 is 0 Å².